The summed E-state index contributed by atoms with van der Waals surface area (Å²) < 4.78 is 0. The van der Waals surface area contributed by atoms with Gasteiger partial charge in [0.1, 0.15) is 5.56 Å². The van der Waals surface area contributed by atoms with Crippen LogP contribution in [-0.2, 0) is 0 Å². The summed E-state index contributed by atoms with van der Waals surface area (Å²) in [6.45, 7) is 5.16. The van der Waals surface area contributed by atoms with Gasteiger partial charge in [0.15, 0.2) is 5.82 Å². The molecule has 0 aromatic carbocycles. The first-order valence-electron chi connectivity index (χ1n) is 5.93. The van der Waals surface area contributed by atoms with Gasteiger partial charge in [0.2, 0.25) is 0 Å². The molecule has 1 aromatic heterocycles. The number of piperidine rings is 1. The smallest absolute Gasteiger partial charge is 0.339 e. The Morgan fingerprint density at radius 2 is 2.29 bits per heavy atom. The molecule has 1 fully saturated rings. The van der Waals surface area contributed by atoms with E-state index in [-0.39, 0.29) is 5.56 Å². The number of carboxylic acid groups (broad SMARTS) is 1. The lowest BCUT2D eigenvalue weighted by atomic mass is 9.92. The van der Waals surface area contributed by atoms with Gasteiger partial charge in [-0.2, -0.15) is 5.10 Å². The molecule has 1 saturated heterocycles. The first-order chi connectivity index (χ1) is 8.11. The molecule has 0 amide bonds. The van der Waals surface area contributed by atoms with Crippen molar-refractivity contribution in [3.8, 4) is 0 Å². The van der Waals surface area contributed by atoms with Crippen LogP contribution in [0, 0.1) is 5.92 Å². The third-order valence-corrected chi connectivity index (χ3v) is 3.58. The predicted octanol–water partition coefficient (Wildman–Crippen LogP) is 1.80. The zero-order valence-corrected chi connectivity index (χ0v) is 10.1. The Labute approximate surface area is 100 Å². The predicted molar refractivity (Wildman–Crippen MR) is 64.2 cm³/mol. The number of aromatic carboxylic acids is 1. The topological polar surface area (TPSA) is 66.3 Å². The Balaban J connectivity index is 2.36. The molecule has 2 heterocycles. The number of rotatable bonds is 2. The van der Waals surface area contributed by atoms with Crippen molar-refractivity contribution >= 4 is 11.8 Å². The van der Waals surface area contributed by atoms with Gasteiger partial charge in [-0.3, -0.25) is 0 Å². The fourth-order valence-electron chi connectivity index (χ4n) is 2.34. The van der Waals surface area contributed by atoms with Crippen LogP contribution in [0.15, 0.2) is 12.3 Å². The van der Waals surface area contributed by atoms with Gasteiger partial charge in [-0.25, -0.2) is 4.79 Å². The lowest BCUT2D eigenvalue weighted by Crippen LogP contribution is -2.43. The van der Waals surface area contributed by atoms with E-state index in [1.54, 1.807) is 0 Å². The molecule has 17 heavy (non-hydrogen) atoms. The molecule has 1 N–H and O–H groups in total. The summed E-state index contributed by atoms with van der Waals surface area (Å²) in [6, 6.07) is 1.81. The number of aromatic nitrogens is 2. The van der Waals surface area contributed by atoms with Crippen LogP contribution < -0.4 is 4.90 Å². The third kappa shape index (κ3) is 2.23. The Bertz CT molecular complexity index is 422. The Morgan fingerprint density at radius 1 is 1.53 bits per heavy atom. The van der Waals surface area contributed by atoms with Gasteiger partial charge in [-0.1, -0.05) is 6.92 Å². The second kappa shape index (κ2) is 4.69. The molecule has 0 spiro atoms. The minimum absolute atomic E-state index is 0.237. The molecule has 0 saturated carbocycles. The molecule has 1 aliphatic rings. The average Bonchev–Trinajstić information content (AvgIpc) is 2.33. The van der Waals surface area contributed by atoms with E-state index in [0.29, 0.717) is 17.8 Å². The van der Waals surface area contributed by atoms with E-state index in [9.17, 15) is 4.79 Å². The highest BCUT2D eigenvalue weighted by Gasteiger charge is 2.28. The molecular formula is C12H17N3O2. The molecule has 5 heteroatoms. The molecule has 0 aliphatic carbocycles. The van der Waals surface area contributed by atoms with Crippen molar-refractivity contribution in [1.29, 1.82) is 0 Å². The zero-order valence-electron chi connectivity index (χ0n) is 10.1. The van der Waals surface area contributed by atoms with E-state index in [1.165, 1.54) is 18.7 Å². The molecule has 5 nitrogen and oxygen atoms in total. The minimum atomic E-state index is -0.944. The van der Waals surface area contributed by atoms with Gasteiger partial charge in [-0.15, -0.1) is 5.10 Å². The van der Waals surface area contributed by atoms with Crippen LogP contribution in [0.3, 0.4) is 0 Å². The minimum Gasteiger partial charge on any atom is -0.478 e. The summed E-state index contributed by atoms with van der Waals surface area (Å²) >= 11 is 0. The van der Waals surface area contributed by atoms with Crippen molar-refractivity contribution < 1.29 is 9.90 Å². The number of anilines is 1. The van der Waals surface area contributed by atoms with Crippen molar-refractivity contribution in [1.82, 2.24) is 10.2 Å². The van der Waals surface area contributed by atoms with Gasteiger partial charge in [-0.05, 0) is 31.7 Å². The van der Waals surface area contributed by atoms with E-state index < -0.39 is 5.97 Å². The number of hydrogen-bond donors (Lipinski definition) is 1. The number of hydrogen-bond acceptors (Lipinski definition) is 4. The Morgan fingerprint density at radius 3 is 3.00 bits per heavy atom. The highest BCUT2D eigenvalue weighted by molar-refractivity contribution is 5.93. The van der Waals surface area contributed by atoms with Crippen LogP contribution in [0.5, 0.6) is 0 Å². The van der Waals surface area contributed by atoms with Crippen LogP contribution in [0.25, 0.3) is 0 Å². The van der Waals surface area contributed by atoms with Gasteiger partial charge >= 0.3 is 5.97 Å². The van der Waals surface area contributed by atoms with Gasteiger partial charge in [0, 0.05) is 12.6 Å². The van der Waals surface area contributed by atoms with Crippen LogP contribution in [0.1, 0.15) is 37.0 Å². The number of carboxylic acids is 1. The summed E-state index contributed by atoms with van der Waals surface area (Å²) in [6.07, 6.45) is 3.67. The second-order valence-corrected chi connectivity index (χ2v) is 4.63. The molecule has 2 unspecified atom stereocenters. The molecule has 2 rings (SSSR count). The molecule has 2 atom stereocenters. The summed E-state index contributed by atoms with van der Waals surface area (Å²) in [5.74, 6) is 0.103. The van der Waals surface area contributed by atoms with Crippen LogP contribution in [-0.4, -0.2) is 33.9 Å². The normalized spacial score (nSPS) is 24.7. The molecule has 0 radical (unpaired) electrons. The Hall–Kier alpha value is -1.65. The monoisotopic (exact) mass is 235 g/mol. The maximum absolute atomic E-state index is 11.2. The zero-order chi connectivity index (χ0) is 12.4. The van der Waals surface area contributed by atoms with Crippen molar-refractivity contribution in [2.24, 2.45) is 5.92 Å². The van der Waals surface area contributed by atoms with Crippen molar-refractivity contribution in [3.05, 3.63) is 17.8 Å². The van der Waals surface area contributed by atoms with Crippen molar-refractivity contribution in [3.63, 3.8) is 0 Å². The summed E-state index contributed by atoms with van der Waals surface area (Å²) in [5.41, 5.74) is 0.237. The third-order valence-electron chi connectivity index (χ3n) is 3.58. The van der Waals surface area contributed by atoms with E-state index in [4.69, 9.17) is 5.11 Å². The highest BCUT2D eigenvalue weighted by atomic mass is 16.4. The summed E-state index contributed by atoms with van der Waals surface area (Å²) in [7, 11) is 0. The van der Waals surface area contributed by atoms with E-state index >= 15 is 0 Å². The molecule has 0 bridgehead atoms. The lowest BCUT2D eigenvalue weighted by Gasteiger charge is -2.38. The van der Waals surface area contributed by atoms with E-state index in [0.717, 1.165) is 13.0 Å². The maximum Gasteiger partial charge on any atom is 0.339 e. The first kappa shape index (κ1) is 11.8. The molecule has 92 valence electrons. The summed E-state index contributed by atoms with van der Waals surface area (Å²) in [4.78, 5) is 13.2. The van der Waals surface area contributed by atoms with E-state index in [1.807, 2.05) is 0 Å². The largest absolute Gasteiger partial charge is 0.478 e. The molecule has 1 aromatic rings. The summed E-state index contributed by atoms with van der Waals surface area (Å²) in [5, 5.41) is 17.0. The Kier molecular flexibility index (Phi) is 3.26. The highest BCUT2D eigenvalue weighted by Crippen LogP contribution is 2.28. The quantitative estimate of drug-likeness (QED) is 0.846. The second-order valence-electron chi connectivity index (χ2n) is 4.63. The van der Waals surface area contributed by atoms with Crippen LogP contribution in [0.4, 0.5) is 5.82 Å². The van der Waals surface area contributed by atoms with Crippen LogP contribution in [0.2, 0.25) is 0 Å². The van der Waals surface area contributed by atoms with Gasteiger partial charge in [0.05, 0.1) is 6.20 Å². The number of carbonyl (C=O) groups is 1. The average molecular weight is 235 g/mol. The van der Waals surface area contributed by atoms with Gasteiger partial charge in [0.25, 0.3) is 0 Å². The lowest BCUT2D eigenvalue weighted by molar-refractivity contribution is 0.0696. The first-order valence-corrected chi connectivity index (χ1v) is 5.93. The van der Waals surface area contributed by atoms with E-state index in [2.05, 4.69) is 28.9 Å². The molecule has 1 aliphatic heterocycles. The molecular weight excluding hydrogens is 218 g/mol. The van der Waals surface area contributed by atoms with Crippen molar-refractivity contribution in [2.45, 2.75) is 32.7 Å². The fraction of sp³-hybridized carbons (Fsp3) is 0.583. The fourth-order valence-corrected chi connectivity index (χ4v) is 2.34. The number of nitrogens with zero attached hydrogens (tertiary/aromatic N) is 3. The van der Waals surface area contributed by atoms with Crippen molar-refractivity contribution in [2.75, 3.05) is 11.4 Å². The maximum atomic E-state index is 11.2. The van der Waals surface area contributed by atoms with Gasteiger partial charge < -0.3 is 10.0 Å². The SMILES string of the molecule is CC1CCCN(c2nnccc2C(=O)O)C1C. The van der Waals surface area contributed by atoms with Crippen LogP contribution >= 0.6 is 0 Å². The standard InChI is InChI=1S/C12H17N3O2/c1-8-4-3-7-15(9(8)2)11-10(12(16)17)5-6-13-14-11/h5-6,8-9H,3-4,7H2,1-2H3,(H,16,17).